The Morgan fingerprint density at radius 2 is 1.69 bits per heavy atom. The fourth-order valence-electron chi connectivity index (χ4n) is 3.43. The molecule has 4 nitrogen and oxygen atoms in total. The third kappa shape index (κ3) is 4.10. The van der Waals surface area contributed by atoms with Gasteiger partial charge in [-0.05, 0) is 41.5 Å². The maximum absolute atomic E-state index is 13.4. The number of hydrogen-bond donors (Lipinski definition) is 0. The zero-order valence-electron chi connectivity index (χ0n) is 15.8. The van der Waals surface area contributed by atoms with Gasteiger partial charge in [-0.2, -0.15) is 4.31 Å². The molecule has 29 heavy (non-hydrogen) atoms. The van der Waals surface area contributed by atoms with Gasteiger partial charge in [0.2, 0.25) is 10.0 Å². The number of hydrogen-bond acceptors (Lipinski definition) is 4. The Bertz CT molecular complexity index is 1100. The molecule has 4 rings (SSSR count). The Hall–Kier alpha value is -1.80. The van der Waals surface area contributed by atoms with Gasteiger partial charge in [-0.25, -0.2) is 8.42 Å². The number of halogens is 1. The van der Waals surface area contributed by atoms with Gasteiger partial charge in [0.15, 0.2) is 0 Å². The highest BCUT2D eigenvalue weighted by atomic mass is 79.9. The first-order valence-corrected chi connectivity index (χ1v) is 12.4. The summed E-state index contributed by atoms with van der Waals surface area (Å²) in [5.41, 5.74) is 2.91. The van der Waals surface area contributed by atoms with Crippen molar-refractivity contribution < 1.29 is 13.2 Å². The highest BCUT2D eigenvalue weighted by molar-refractivity contribution is 9.10. The molecule has 1 heterocycles. The second-order valence-electron chi connectivity index (χ2n) is 6.62. The van der Waals surface area contributed by atoms with E-state index >= 15 is 0 Å². The summed E-state index contributed by atoms with van der Waals surface area (Å²) in [5, 5.41) is -0.318. The molecular formula is C22H20BrNO3S2. The molecule has 3 aromatic carbocycles. The topological polar surface area (TPSA) is 46.6 Å². The zero-order chi connectivity index (χ0) is 20.4. The Labute approximate surface area is 184 Å². The average molecular weight is 490 g/mol. The predicted octanol–water partition coefficient (Wildman–Crippen LogP) is 5.56. The van der Waals surface area contributed by atoms with E-state index in [0.717, 1.165) is 26.9 Å². The molecule has 7 heteroatoms. The number of sulfonamides is 1. The Balaban J connectivity index is 1.67. The van der Waals surface area contributed by atoms with E-state index in [4.69, 9.17) is 4.74 Å². The molecule has 0 bridgehead atoms. The van der Waals surface area contributed by atoms with Crippen LogP contribution in [-0.2, 0) is 10.0 Å². The molecule has 0 amide bonds. The summed E-state index contributed by atoms with van der Waals surface area (Å²) in [5.74, 6) is 1.43. The lowest BCUT2D eigenvalue weighted by molar-refractivity contribution is 0.390. The third-order valence-electron chi connectivity index (χ3n) is 4.87. The molecule has 1 atom stereocenters. The van der Waals surface area contributed by atoms with E-state index < -0.39 is 10.0 Å². The number of nitrogens with zero attached hydrogens (tertiary/aromatic N) is 1. The summed E-state index contributed by atoms with van der Waals surface area (Å²) < 4.78 is 34.8. The normalized spacial score (nSPS) is 17.4. The van der Waals surface area contributed by atoms with E-state index in [-0.39, 0.29) is 5.37 Å². The number of ether oxygens (including phenoxy) is 1. The van der Waals surface area contributed by atoms with Gasteiger partial charge in [-0.15, -0.1) is 11.8 Å². The van der Waals surface area contributed by atoms with Crippen molar-refractivity contribution in [3.8, 4) is 16.9 Å². The lowest BCUT2D eigenvalue weighted by Crippen LogP contribution is -2.30. The van der Waals surface area contributed by atoms with E-state index in [2.05, 4.69) is 15.9 Å². The minimum absolute atomic E-state index is 0.304. The van der Waals surface area contributed by atoms with Crippen LogP contribution < -0.4 is 4.74 Å². The average Bonchev–Trinajstić information content (AvgIpc) is 3.25. The molecule has 0 radical (unpaired) electrons. The van der Waals surface area contributed by atoms with Crippen molar-refractivity contribution in [3.63, 3.8) is 0 Å². The maximum Gasteiger partial charge on any atom is 0.244 e. The molecule has 0 unspecified atom stereocenters. The standard InChI is InChI=1S/C22H20BrNO3S2/c1-27-21-12-9-18(23)15-20(21)22-24(13-14-28-22)29(25,26)19-10-7-17(8-11-19)16-5-3-2-4-6-16/h2-12,15,22H,13-14H2,1H3/t22-/m0/s1. The van der Waals surface area contributed by atoms with E-state index in [0.29, 0.717) is 17.2 Å². The number of methoxy groups -OCH3 is 1. The number of rotatable bonds is 5. The molecule has 0 N–H and O–H groups in total. The quantitative estimate of drug-likeness (QED) is 0.470. The predicted molar refractivity (Wildman–Crippen MR) is 122 cm³/mol. The fourth-order valence-corrected chi connectivity index (χ4v) is 7.06. The van der Waals surface area contributed by atoms with E-state index in [9.17, 15) is 8.42 Å². The van der Waals surface area contributed by atoms with Crippen LogP contribution in [0, 0.1) is 0 Å². The summed E-state index contributed by atoms with van der Waals surface area (Å²) in [6, 6.07) is 22.7. The highest BCUT2D eigenvalue weighted by Gasteiger charge is 2.38. The SMILES string of the molecule is COc1ccc(Br)cc1[C@@H]1SCCN1S(=O)(=O)c1ccc(-c2ccccc2)cc1. The molecule has 0 aromatic heterocycles. The second kappa shape index (κ2) is 8.52. The van der Waals surface area contributed by atoms with Crippen molar-refractivity contribution in [1.29, 1.82) is 0 Å². The van der Waals surface area contributed by atoms with Gasteiger partial charge in [-0.1, -0.05) is 58.4 Å². The highest BCUT2D eigenvalue weighted by Crippen LogP contribution is 2.45. The molecule has 1 saturated heterocycles. The molecule has 1 fully saturated rings. The van der Waals surface area contributed by atoms with Crippen molar-refractivity contribution in [2.45, 2.75) is 10.3 Å². The van der Waals surface area contributed by atoms with Crippen LogP contribution in [0.1, 0.15) is 10.9 Å². The third-order valence-corrected chi connectivity index (χ3v) is 8.62. The van der Waals surface area contributed by atoms with Gasteiger partial charge in [0.1, 0.15) is 5.75 Å². The minimum Gasteiger partial charge on any atom is -0.496 e. The van der Waals surface area contributed by atoms with Gasteiger partial charge in [0, 0.05) is 22.3 Å². The molecule has 3 aromatic rings. The van der Waals surface area contributed by atoms with Crippen LogP contribution in [0.5, 0.6) is 5.75 Å². The molecule has 1 aliphatic heterocycles. The summed E-state index contributed by atoms with van der Waals surface area (Å²) in [6.45, 7) is 0.466. The van der Waals surface area contributed by atoms with Crippen LogP contribution in [0.25, 0.3) is 11.1 Å². The molecule has 150 valence electrons. The smallest absolute Gasteiger partial charge is 0.244 e. The summed E-state index contributed by atoms with van der Waals surface area (Å²) in [6.07, 6.45) is 0. The Kier molecular flexibility index (Phi) is 6.01. The molecule has 0 aliphatic carbocycles. The van der Waals surface area contributed by atoms with Gasteiger partial charge in [0.05, 0.1) is 17.4 Å². The van der Waals surface area contributed by atoms with Crippen LogP contribution in [0.15, 0.2) is 82.2 Å². The Morgan fingerprint density at radius 1 is 1.00 bits per heavy atom. The van der Waals surface area contributed by atoms with E-state index in [1.54, 1.807) is 35.3 Å². The lowest BCUT2D eigenvalue weighted by Gasteiger charge is -2.25. The number of thioether (sulfide) groups is 1. The van der Waals surface area contributed by atoms with E-state index in [1.165, 1.54) is 0 Å². The van der Waals surface area contributed by atoms with Crippen LogP contribution in [0.2, 0.25) is 0 Å². The molecule has 0 saturated carbocycles. The van der Waals surface area contributed by atoms with Gasteiger partial charge in [0.25, 0.3) is 0 Å². The van der Waals surface area contributed by atoms with Gasteiger partial charge >= 0.3 is 0 Å². The van der Waals surface area contributed by atoms with Crippen LogP contribution in [-0.4, -0.2) is 32.1 Å². The first-order valence-electron chi connectivity index (χ1n) is 9.13. The van der Waals surface area contributed by atoms with Crippen molar-refractivity contribution in [3.05, 3.63) is 82.8 Å². The molecule has 0 spiro atoms. The lowest BCUT2D eigenvalue weighted by atomic mass is 10.1. The van der Waals surface area contributed by atoms with E-state index in [1.807, 2.05) is 60.7 Å². The zero-order valence-corrected chi connectivity index (χ0v) is 19.0. The first-order chi connectivity index (χ1) is 14.0. The van der Waals surface area contributed by atoms with Crippen molar-refractivity contribution in [1.82, 2.24) is 4.31 Å². The van der Waals surface area contributed by atoms with Crippen LogP contribution in [0.3, 0.4) is 0 Å². The van der Waals surface area contributed by atoms with Crippen LogP contribution >= 0.6 is 27.7 Å². The Morgan fingerprint density at radius 3 is 2.38 bits per heavy atom. The molecule has 1 aliphatic rings. The number of benzene rings is 3. The largest absolute Gasteiger partial charge is 0.496 e. The maximum atomic E-state index is 13.4. The minimum atomic E-state index is -3.63. The molecular weight excluding hydrogens is 470 g/mol. The summed E-state index contributed by atoms with van der Waals surface area (Å²) in [7, 11) is -2.03. The monoisotopic (exact) mass is 489 g/mol. The first kappa shape index (κ1) is 20.5. The van der Waals surface area contributed by atoms with Gasteiger partial charge in [-0.3, -0.25) is 0 Å². The van der Waals surface area contributed by atoms with Crippen molar-refractivity contribution in [2.24, 2.45) is 0 Å². The summed E-state index contributed by atoms with van der Waals surface area (Å²) in [4.78, 5) is 0.304. The van der Waals surface area contributed by atoms with Crippen molar-refractivity contribution >= 4 is 37.7 Å². The summed E-state index contributed by atoms with van der Waals surface area (Å²) >= 11 is 5.09. The fraction of sp³-hybridized carbons (Fsp3) is 0.182. The van der Waals surface area contributed by atoms with Crippen molar-refractivity contribution in [2.75, 3.05) is 19.4 Å². The second-order valence-corrected chi connectivity index (χ2v) is 10.6. The van der Waals surface area contributed by atoms with Crippen LogP contribution in [0.4, 0.5) is 0 Å². The van der Waals surface area contributed by atoms with Gasteiger partial charge < -0.3 is 4.74 Å².